The van der Waals surface area contributed by atoms with Gasteiger partial charge in [-0.05, 0) is 48.4 Å². The van der Waals surface area contributed by atoms with Crippen molar-refractivity contribution >= 4 is 15.9 Å². The number of amides is 1. The monoisotopic (exact) mass is 394 g/mol. The third kappa shape index (κ3) is 4.33. The molecule has 0 N–H and O–H groups in total. The van der Waals surface area contributed by atoms with Crippen LogP contribution in [-0.4, -0.2) is 49.7 Å². The number of carbonyl (C=O) groups excluding carboxylic acids is 1. The van der Waals surface area contributed by atoms with Gasteiger partial charge in [0.25, 0.3) is 0 Å². The predicted octanol–water partition coefficient (Wildman–Crippen LogP) is 2.35. The van der Waals surface area contributed by atoms with Crippen LogP contribution in [0, 0.1) is 18.6 Å². The van der Waals surface area contributed by atoms with Gasteiger partial charge in [0, 0.05) is 26.2 Å². The molecule has 0 aliphatic carbocycles. The van der Waals surface area contributed by atoms with Crippen molar-refractivity contribution in [2.75, 3.05) is 26.2 Å². The second-order valence-electron chi connectivity index (χ2n) is 6.50. The van der Waals surface area contributed by atoms with Gasteiger partial charge in [-0.3, -0.25) is 4.79 Å². The molecule has 1 saturated heterocycles. The molecule has 27 heavy (non-hydrogen) atoms. The van der Waals surface area contributed by atoms with Crippen molar-refractivity contribution in [2.24, 2.45) is 0 Å². The Labute approximate surface area is 157 Å². The van der Waals surface area contributed by atoms with Gasteiger partial charge in [-0.2, -0.15) is 4.31 Å². The number of aryl methyl sites for hydroxylation is 1. The van der Waals surface area contributed by atoms with Crippen molar-refractivity contribution < 1.29 is 22.0 Å². The molecule has 1 fully saturated rings. The normalized spacial score (nSPS) is 15.7. The van der Waals surface area contributed by atoms with Crippen LogP contribution < -0.4 is 0 Å². The zero-order valence-corrected chi connectivity index (χ0v) is 15.7. The molecule has 144 valence electrons. The second-order valence-corrected chi connectivity index (χ2v) is 8.40. The standard InChI is InChI=1S/C19H20F2N2O3S/c1-14-12-17(21)6-7-18(14)27(25,26)23-10-8-22(9-11-23)19(24)13-15-2-4-16(20)5-3-15/h2-7,12H,8-11,13H2,1H3. The van der Waals surface area contributed by atoms with Crippen LogP contribution in [0.3, 0.4) is 0 Å². The number of sulfonamides is 1. The van der Waals surface area contributed by atoms with Gasteiger partial charge in [0.05, 0.1) is 11.3 Å². The quantitative estimate of drug-likeness (QED) is 0.800. The molecule has 8 heteroatoms. The molecule has 0 aromatic heterocycles. The van der Waals surface area contributed by atoms with Gasteiger partial charge in [0.1, 0.15) is 11.6 Å². The highest BCUT2D eigenvalue weighted by molar-refractivity contribution is 7.89. The molecule has 0 bridgehead atoms. The van der Waals surface area contributed by atoms with E-state index in [9.17, 15) is 22.0 Å². The van der Waals surface area contributed by atoms with E-state index in [0.29, 0.717) is 11.1 Å². The van der Waals surface area contributed by atoms with Crippen LogP contribution in [0.5, 0.6) is 0 Å². The smallest absolute Gasteiger partial charge is 0.243 e. The minimum atomic E-state index is -3.74. The molecule has 0 spiro atoms. The Morgan fingerprint density at radius 1 is 0.963 bits per heavy atom. The summed E-state index contributed by atoms with van der Waals surface area (Å²) in [6, 6.07) is 9.32. The fraction of sp³-hybridized carbons (Fsp3) is 0.316. The van der Waals surface area contributed by atoms with E-state index < -0.39 is 15.8 Å². The van der Waals surface area contributed by atoms with E-state index in [1.165, 1.54) is 28.6 Å². The number of hydrogen-bond donors (Lipinski definition) is 0. The van der Waals surface area contributed by atoms with Crippen molar-refractivity contribution in [1.82, 2.24) is 9.21 Å². The first-order valence-corrected chi connectivity index (χ1v) is 10.00. The second kappa shape index (κ2) is 7.74. The largest absolute Gasteiger partial charge is 0.340 e. The number of rotatable bonds is 4. The summed E-state index contributed by atoms with van der Waals surface area (Å²) < 4.78 is 53.1. The highest BCUT2D eigenvalue weighted by atomic mass is 32.2. The number of halogens is 2. The van der Waals surface area contributed by atoms with Crippen molar-refractivity contribution in [1.29, 1.82) is 0 Å². The third-order valence-electron chi connectivity index (χ3n) is 4.61. The molecule has 1 aliphatic rings. The van der Waals surface area contributed by atoms with Crippen molar-refractivity contribution in [3.05, 3.63) is 65.2 Å². The first-order valence-electron chi connectivity index (χ1n) is 8.56. The molecular formula is C19H20F2N2O3S. The summed E-state index contributed by atoms with van der Waals surface area (Å²) >= 11 is 0. The molecule has 2 aromatic carbocycles. The molecule has 0 unspecified atom stereocenters. The average Bonchev–Trinajstić information content (AvgIpc) is 2.63. The lowest BCUT2D eigenvalue weighted by atomic mass is 10.1. The van der Waals surface area contributed by atoms with Crippen LogP contribution in [0.2, 0.25) is 0 Å². The first-order chi connectivity index (χ1) is 12.8. The summed E-state index contributed by atoms with van der Waals surface area (Å²) in [5, 5.41) is 0. The first kappa shape index (κ1) is 19.4. The molecule has 2 aromatic rings. The molecule has 1 amide bonds. The fourth-order valence-electron chi connectivity index (χ4n) is 3.11. The van der Waals surface area contributed by atoms with Gasteiger partial charge in [-0.1, -0.05) is 12.1 Å². The lowest BCUT2D eigenvalue weighted by Crippen LogP contribution is -2.50. The SMILES string of the molecule is Cc1cc(F)ccc1S(=O)(=O)N1CCN(C(=O)Cc2ccc(F)cc2)CC1. The van der Waals surface area contributed by atoms with Gasteiger partial charge in [-0.25, -0.2) is 17.2 Å². The van der Waals surface area contributed by atoms with Crippen LogP contribution in [0.25, 0.3) is 0 Å². The highest BCUT2D eigenvalue weighted by Crippen LogP contribution is 2.22. The number of carbonyl (C=O) groups is 1. The molecule has 5 nitrogen and oxygen atoms in total. The topological polar surface area (TPSA) is 57.7 Å². The molecule has 0 saturated carbocycles. The summed E-state index contributed by atoms with van der Waals surface area (Å²) in [4.78, 5) is 14.1. The number of hydrogen-bond acceptors (Lipinski definition) is 3. The number of piperazine rings is 1. The summed E-state index contributed by atoms with van der Waals surface area (Å²) in [7, 11) is -3.74. The van der Waals surface area contributed by atoms with Gasteiger partial charge in [0.2, 0.25) is 15.9 Å². The minimum Gasteiger partial charge on any atom is -0.340 e. The zero-order valence-electron chi connectivity index (χ0n) is 14.9. The lowest BCUT2D eigenvalue weighted by molar-refractivity contribution is -0.131. The van der Waals surface area contributed by atoms with Crippen LogP contribution in [0.4, 0.5) is 8.78 Å². The Balaban J connectivity index is 1.64. The summed E-state index contributed by atoms with van der Waals surface area (Å²) in [6.07, 6.45) is 0.143. The van der Waals surface area contributed by atoms with Gasteiger partial charge in [0.15, 0.2) is 0 Å². The Bertz CT molecular complexity index is 938. The minimum absolute atomic E-state index is 0.0787. The Morgan fingerprint density at radius 3 is 2.15 bits per heavy atom. The third-order valence-corrected chi connectivity index (χ3v) is 6.67. The van der Waals surface area contributed by atoms with Crippen molar-refractivity contribution in [3.63, 3.8) is 0 Å². The maximum atomic E-state index is 13.2. The van der Waals surface area contributed by atoms with Crippen LogP contribution in [0.15, 0.2) is 47.4 Å². The maximum Gasteiger partial charge on any atom is 0.243 e. The van der Waals surface area contributed by atoms with Gasteiger partial charge < -0.3 is 4.90 Å². The predicted molar refractivity (Wildman–Crippen MR) is 96.6 cm³/mol. The Hall–Kier alpha value is -2.32. The van der Waals surface area contributed by atoms with E-state index in [2.05, 4.69) is 0 Å². The van der Waals surface area contributed by atoms with E-state index in [0.717, 1.165) is 6.07 Å². The molecular weight excluding hydrogens is 374 g/mol. The number of nitrogens with zero attached hydrogens (tertiary/aromatic N) is 2. The molecule has 0 atom stereocenters. The van der Waals surface area contributed by atoms with Crippen molar-refractivity contribution in [2.45, 2.75) is 18.2 Å². The lowest BCUT2D eigenvalue weighted by Gasteiger charge is -2.34. The van der Waals surface area contributed by atoms with Gasteiger partial charge in [-0.15, -0.1) is 0 Å². The Kier molecular flexibility index (Phi) is 5.57. The molecule has 1 aliphatic heterocycles. The summed E-state index contributed by atoms with van der Waals surface area (Å²) in [5.74, 6) is -0.972. The van der Waals surface area contributed by atoms with E-state index in [4.69, 9.17) is 0 Å². The molecule has 0 radical (unpaired) electrons. The molecule has 1 heterocycles. The maximum absolute atomic E-state index is 13.2. The van der Waals surface area contributed by atoms with E-state index in [1.807, 2.05) is 0 Å². The van der Waals surface area contributed by atoms with E-state index >= 15 is 0 Å². The zero-order chi connectivity index (χ0) is 19.6. The fourth-order valence-corrected chi connectivity index (χ4v) is 4.74. The summed E-state index contributed by atoms with van der Waals surface area (Å²) in [5.41, 5.74) is 1.06. The average molecular weight is 394 g/mol. The van der Waals surface area contributed by atoms with Crippen LogP contribution in [-0.2, 0) is 21.2 Å². The van der Waals surface area contributed by atoms with E-state index in [1.54, 1.807) is 24.0 Å². The Morgan fingerprint density at radius 2 is 1.56 bits per heavy atom. The van der Waals surface area contributed by atoms with Gasteiger partial charge >= 0.3 is 0 Å². The van der Waals surface area contributed by atoms with Crippen LogP contribution >= 0.6 is 0 Å². The highest BCUT2D eigenvalue weighted by Gasteiger charge is 2.31. The van der Waals surface area contributed by atoms with E-state index in [-0.39, 0.29) is 49.2 Å². The van der Waals surface area contributed by atoms with Crippen molar-refractivity contribution in [3.8, 4) is 0 Å². The molecule has 3 rings (SSSR count). The number of benzene rings is 2. The van der Waals surface area contributed by atoms with Crippen LogP contribution in [0.1, 0.15) is 11.1 Å². The summed E-state index contributed by atoms with van der Waals surface area (Å²) in [6.45, 7) is 2.46.